The molecular formula is C14H12N2. The number of nitrogens with zero attached hydrogens (tertiary/aromatic N) is 2. The highest BCUT2D eigenvalue weighted by Crippen LogP contribution is 2.06. The highest BCUT2D eigenvalue weighted by molar-refractivity contribution is 5.65. The second-order valence-corrected chi connectivity index (χ2v) is 3.38. The molecule has 0 aliphatic rings. The lowest BCUT2D eigenvalue weighted by molar-refractivity contribution is 1.24. The predicted molar refractivity (Wildman–Crippen MR) is 67.5 cm³/mol. The zero-order valence-corrected chi connectivity index (χ0v) is 8.93. The third kappa shape index (κ3) is 1.91. The van der Waals surface area contributed by atoms with Crippen molar-refractivity contribution in [3.05, 3.63) is 64.8 Å². The SMILES string of the molecule is C=N/C(c1ccccn1)=c1/ccccc1=C. The summed E-state index contributed by atoms with van der Waals surface area (Å²) in [6.07, 6.45) is 1.74. The van der Waals surface area contributed by atoms with Crippen LogP contribution in [0.3, 0.4) is 0 Å². The van der Waals surface area contributed by atoms with Crippen LogP contribution in [-0.4, -0.2) is 11.7 Å². The summed E-state index contributed by atoms with van der Waals surface area (Å²) in [5.41, 5.74) is 1.58. The van der Waals surface area contributed by atoms with Crippen LogP contribution in [0.1, 0.15) is 5.69 Å². The largest absolute Gasteiger partial charge is 0.262 e. The van der Waals surface area contributed by atoms with E-state index in [9.17, 15) is 0 Å². The maximum atomic E-state index is 4.27. The Labute approximate surface area is 94.3 Å². The Morgan fingerprint density at radius 2 is 1.81 bits per heavy atom. The highest BCUT2D eigenvalue weighted by atomic mass is 14.8. The van der Waals surface area contributed by atoms with E-state index in [4.69, 9.17) is 0 Å². The molecule has 0 atom stereocenters. The maximum absolute atomic E-state index is 4.27. The fourth-order valence-corrected chi connectivity index (χ4v) is 1.56. The van der Waals surface area contributed by atoms with Crippen molar-refractivity contribution in [3.8, 4) is 0 Å². The Morgan fingerprint density at radius 3 is 2.44 bits per heavy atom. The van der Waals surface area contributed by atoms with Crippen LogP contribution in [0.15, 0.2) is 53.7 Å². The fraction of sp³-hybridized carbons (Fsp3) is 0. The first-order valence-electron chi connectivity index (χ1n) is 4.99. The zero-order chi connectivity index (χ0) is 11.4. The standard InChI is InChI=1S/C14H12N2/c1-11-7-3-4-8-12(11)14(15-2)13-9-5-6-10-16-13/h3-10H,1-2H2/b14-12-. The Kier molecular flexibility index (Phi) is 2.92. The van der Waals surface area contributed by atoms with Gasteiger partial charge < -0.3 is 0 Å². The second-order valence-electron chi connectivity index (χ2n) is 3.38. The van der Waals surface area contributed by atoms with Gasteiger partial charge in [0.05, 0.1) is 11.4 Å². The molecule has 0 saturated heterocycles. The average Bonchev–Trinajstić information content (AvgIpc) is 2.34. The van der Waals surface area contributed by atoms with E-state index >= 15 is 0 Å². The van der Waals surface area contributed by atoms with Crippen molar-refractivity contribution >= 4 is 19.0 Å². The molecule has 78 valence electrons. The minimum atomic E-state index is 0.770. The molecule has 0 saturated carbocycles. The molecule has 0 radical (unpaired) electrons. The van der Waals surface area contributed by atoms with Gasteiger partial charge in [-0.1, -0.05) is 36.9 Å². The van der Waals surface area contributed by atoms with Crippen molar-refractivity contribution in [2.24, 2.45) is 4.99 Å². The topological polar surface area (TPSA) is 25.2 Å². The number of aromatic nitrogens is 1. The lowest BCUT2D eigenvalue weighted by atomic mass is 10.1. The summed E-state index contributed by atoms with van der Waals surface area (Å²) < 4.78 is 0. The summed E-state index contributed by atoms with van der Waals surface area (Å²) >= 11 is 0. The molecule has 2 rings (SSSR count). The van der Waals surface area contributed by atoms with Crippen LogP contribution < -0.4 is 10.4 Å². The quantitative estimate of drug-likeness (QED) is 0.684. The lowest BCUT2D eigenvalue weighted by Gasteiger charge is -2.00. The van der Waals surface area contributed by atoms with Crippen molar-refractivity contribution in [3.63, 3.8) is 0 Å². The summed E-state index contributed by atoms with van der Waals surface area (Å²) in [7, 11) is 0. The molecule has 0 unspecified atom stereocenters. The highest BCUT2D eigenvalue weighted by Gasteiger charge is 2.00. The molecule has 0 spiro atoms. The monoisotopic (exact) mass is 208 g/mol. The minimum absolute atomic E-state index is 0.770. The van der Waals surface area contributed by atoms with Crippen LogP contribution in [0.25, 0.3) is 12.3 Å². The van der Waals surface area contributed by atoms with Gasteiger partial charge in [0, 0.05) is 11.4 Å². The van der Waals surface area contributed by atoms with Gasteiger partial charge in [-0.3, -0.25) is 9.98 Å². The number of aliphatic imine (C=N–C) groups is 1. The van der Waals surface area contributed by atoms with Gasteiger partial charge in [-0.25, -0.2) is 0 Å². The molecule has 2 nitrogen and oxygen atoms in total. The van der Waals surface area contributed by atoms with Crippen LogP contribution in [-0.2, 0) is 0 Å². The van der Waals surface area contributed by atoms with Gasteiger partial charge in [-0.15, -0.1) is 0 Å². The summed E-state index contributed by atoms with van der Waals surface area (Å²) in [4.78, 5) is 8.32. The van der Waals surface area contributed by atoms with Gasteiger partial charge in [0.15, 0.2) is 0 Å². The van der Waals surface area contributed by atoms with Crippen LogP contribution in [0.5, 0.6) is 0 Å². The van der Waals surface area contributed by atoms with Crippen molar-refractivity contribution < 1.29 is 0 Å². The van der Waals surface area contributed by atoms with Crippen LogP contribution in [0, 0.1) is 0 Å². The van der Waals surface area contributed by atoms with Gasteiger partial charge in [0.25, 0.3) is 0 Å². The number of rotatable bonds is 2. The van der Waals surface area contributed by atoms with Gasteiger partial charge >= 0.3 is 0 Å². The number of hydrogen-bond acceptors (Lipinski definition) is 2. The molecule has 0 bridgehead atoms. The summed E-state index contributed by atoms with van der Waals surface area (Å²) in [5, 5.41) is 1.90. The predicted octanol–water partition coefficient (Wildman–Crippen LogP) is 1.35. The first-order chi connectivity index (χ1) is 7.83. The second kappa shape index (κ2) is 4.53. The van der Waals surface area contributed by atoms with Crippen molar-refractivity contribution in [1.29, 1.82) is 0 Å². The maximum Gasteiger partial charge on any atom is 0.0956 e. The Hall–Kier alpha value is -2.22. The minimum Gasteiger partial charge on any atom is -0.262 e. The fourth-order valence-electron chi connectivity index (χ4n) is 1.56. The van der Waals surface area contributed by atoms with Gasteiger partial charge in [-0.05, 0) is 24.1 Å². The van der Waals surface area contributed by atoms with Gasteiger partial charge in [-0.2, -0.15) is 0 Å². The summed E-state index contributed by atoms with van der Waals surface area (Å²) in [6.45, 7) is 7.58. The first-order valence-corrected chi connectivity index (χ1v) is 4.99. The molecule has 2 aromatic rings. The molecule has 0 amide bonds. The molecule has 0 N–H and O–H groups in total. The van der Waals surface area contributed by atoms with Crippen molar-refractivity contribution in [2.75, 3.05) is 0 Å². The van der Waals surface area contributed by atoms with E-state index in [1.54, 1.807) is 6.20 Å². The van der Waals surface area contributed by atoms with E-state index < -0.39 is 0 Å². The van der Waals surface area contributed by atoms with Gasteiger partial charge in [0.2, 0.25) is 0 Å². The van der Waals surface area contributed by atoms with E-state index in [0.717, 1.165) is 21.8 Å². The third-order valence-corrected chi connectivity index (χ3v) is 2.34. The van der Waals surface area contributed by atoms with E-state index in [1.807, 2.05) is 42.5 Å². The summed E-state index contributed by atoms with van der Waals surface area (Å²) in [5.74, 6) is 0. The average molecular weight is 208 g/mol. The first kappa shape index (κ1) is 10.3. The van der Waals surface area contributed by atoms with Crippen molar-refractivity contribution in [2.45, 2.75) is 0 Å². The van der Waals surface area contributed by atoms with E-state index in [1.165, 1.54) is 0 Å². The Balaban J connectivity index is 2.79. The lowest BCUT2D eigenvalue weighted by Crippen LogP contribution is -2.25. The van der Waals surface area contributed by atoms with E-state index in [2.05, 4.69) is 23.3 Å². The molecule has 0 aliphatic heterocycles. The molecule has 2 heteroatoms. The van der Waals surface area contributed by atoms with Crippen LogP contribution >= 0.6 is 0 Å². The Bertz CT molecular complexity index is 600. The van der Waals surface area contributed by atoms with Crippen LogP contribution in [0.2, 0.25) is 0 Å². The molecule has 0 fully saturated rings. The Morgan fingerprint density at radius 1 is 1.06 bits per heavy atom. The van der Waals surface area contributed by atoms with Crippen molar-refractivity contribution in [1.82, 2.24) is 4.98 Å². The zero-order valence-electron chi connectivity index (χ0n) is 8.93. The molecular weight excluding hydrogens is 196 g/mol. The van der Waals surface area contributed by atoms with E-state index in [-0.39, 0.29) is 0 Å². The molecule has 0 aliphatic carbocycles. The smallest absolute Gasteiger partial charge is 0.0956 e. The third-order valence-electron chi connectivity index (χ3n) is 2.34. The number of pyridine rings is 1. The van der Waals surface area contributed by atoms with Crippen LogP contribution in [0.4, 0.5) is 0 Å². The molecule has 1 aromatic heterocycles. The van der Waals surface area contributed by atoms with Gasteiger partial charge in [0.1, 0.15) is 0 Å². The molecule has 16 heavy (non-hydrogen) atoms. The van der Waals surface area contributed by atoms with E-state index in [0.29, 0.717) is 0 Å². The molecule has 1 heterocycles. The number of benzene rings is 1. The number of hydrogen-bond donors (Lipinski definition) is 0. The normalized spacial score (nSPS) is 12.0. The molecule has 1 aromatic carbocycles. The summed E-state index contributed by atoms with van der Waals surface area (Å²) in [6, 6.07) is 13.5.